The molecule has 0 radical (unpaired) electrons. The van der Waals surface area contributed by atoms with E-state index in [-0.39, 0.29) is 5.41 Å². The number of hydrogen-bond donors (Lipinski definition) is 2. The lowest BCUT2D eigenvalue weighted by Crippen LogP contribution is -2.50. The molecule has 4 bridgehead atoms. The van der Waals surface area contributed by atoms with Gasteiger partial charge in [0, 0.05) is 5.41 Å². The summed E-state index contributed by atoms with van der Waals surface area (Å²) in [6, 6.07) is 0. The maximum absolute atomic E-state index is 11.4. The maximum Gasteiger partial charge on any atom is 0.339 e. The Balaban J connectivity index is 1.84. The standard InChI is InChI=1S/C14H19N3O2/c15-17-12(11(7-16-17)13(18)19)14-4-8-1-9(5-14)3-10(2-8)6-14/h7-10H,1-6,15H2,(H,18,19). The van der Waals surface area contributed by atoms with Crippen LogP contribution >= 0.6 is 0 Å². The van der Waals surface area contributed by atoms with Crippen LogP contribution in [0.4, 0.5) is 0 Å². The third-order valence-corrected chi connectivity index (χ3v) is 5.57. The molecule has 0 aliphatic heterocycles. The van der Waals surface area contributed by atoms with Crippen LogP contribution in [0.15, 0.2) is 6.20 Å². The molecule has 4 fully saturated rings. The van der Waals surface area contributed by atoms with E-state index in [1.165, 1.54) is 30.3 Å². The first-order valence-electron chi connectivity index (χ1n) is 7.14. The van der Waals surface area contributed by atoms with Gasteiger partial charge in [0.25, 0.3) is 0 Å². The molecule has 0 aromatic carbocycles. The van der Waals surface area contributed by atoms with E-state index < -0.39 is 5.97 Å². The van der Waals surface area contributed by atoms with Crippen LogP contribution in [-0.2, 0) is 5.41 Å². The van der Waals surface area contributed by atoms with Gasteiger partial charge in [-0.3, -0.25) is 0 Å². The highest BCUT2D eigenvalue weighted by Crippen LogP contribution is 2.60. The number of nitrogen functional groups attached to an aromatic ring is 1. The molecule has 3 N–H and O–H groups in total. The van der Waals surface area contributed by atoms with Crippen molar-refractivity contribution in [3.05, 3.63) is 17.5 Å². The Morgan fingerprint density at radius 2 is 1.79 bits per heavy atom. The number of nitrogens with zero attached hydrogens (tertiary/aromatic N) is 2. The summed E-state index contributed by atoms with van der Waals surface area (Å²) in [6.07, 6.45) is 8.71. The number of nitrogens with two attached hydrogens (primary N) is 1. The van der Waals surface area contributed by atoms with Gasteiger partial charge in [0.05, 0.1) is 11.9 Å². The van der Waals surface area contributed by atoms with Gasteiger partial charge in [0.1, 0.15) is 5.56 Å². The molecule has 0 amide bonds. The zero-order valence-corrected chi connectivity index (χ0v) is 10.9. The Bertz CT molecular complexity index is 514. The number of aromatic carboxylic acids is 1. The number of carbonyl (C=O) groups is 1. The number of hydrogen-bond acceptors (Lipinski definition) is 3. The molecule has 0 saturated heterocycles. The molecule has 0 atom stereocenters. The first kappa shape index (κ1) is 11.3. The number of aromatic nitrogens is 2. The molecule has 5 heteroatoms. The predicted molar refractivity (Wildman–Crippen MR) is 69.2 cm³/mol. The van der Waals surface area contributed by atoms with Crippen LogP contribution in [0.25, 0.3) is 0 Å². The van der Waals surface area contributed by atoms with E-state index >= 15 is 0 Å². The van der Waals surface area contributed by atoms with E-state index in [1.807, 2.05) is 0 Å². The molecule has 4 aliphatic rings. The van der Waals surface area contributed by atoms with Gasteiger partial charge in [0.2, 0.25) is 0 Å². The van der Waals surface area contributed by atoms with Gasteiger partial charge < -0.3 is 10.9 Å². The van der Waals surface area contributed by atoms with E-state index in [0.29, 0.717) is 5.56 Å². The lowest BCUT2D eigenvalue weighted by atomic mass is 9.48. The summed E-state index contributed by atoms with van der Waals surface area (Å²) in [6.45, 7) is 0. The SMILES string of the molecule is Nn1ncc(C(=O)O)c1C12CC3CC(CC(C3)C1)C2. The topological polar surface area (TPSA) is 81.1 Å². The van der Waals surface area contributed by atoms with Crippen LogP contribution in [-0.4, -0.2) is 21.0 Å². The van der Waals surface area contributed by atoms with E-state index in [9.17, 15) is 9.90 Å². The zero-order valence-electron chi connectivity index (χ0n) is 10.9. The molecule has 4 saturated carbocycles. The monoisotopic (exact) mass is 261 g/mol. The fraction of sp³-hybridized carbons (Fsp3) is 0.714. The van der Waals surface area contributed by atoms with Crippen molar-refractivity contribution < 1.29 is 9.90 Å². The van der Waals surface area contributed by atoms with E-state index in [0.717, 1.165) is 42.7 Å². The Kier molecular flexibility index (Phi) is 2.10. The van der Waals surface area contributed by atoms with Crippen LogP contribution < -0.4 is 5.84 Å². The van der Waals surface area contributed by atoms with Crippen LogP contribution in [0.3, 0.4) is 0 Å². The lowest BCUT2D eigenvalue weighted by Gasteiger charge is -2.56. The summed E-state index contributed by atoms with van der Waals surface area (Å²) in [4.78, 5) is 12.7. The van der Waals surface area contributed by atoms with E-state index in [1.54, 1.807) is 0 Å². The second-order valence-electron chi connectivity index (χ2n) is 6.85. The van der Waals surface area contributed by atoms with Crippen LogP contribution in [0, 0.1) is 17.8 Å². The van der Waals surface area contributed by atoms with Crippen LogP contribution in [0.2, 0.25) is 0 Å². The summed E-state index contributed by atoms with van der Waals surface area (Å²) in [5.74, 6) is 7.34. The highest BCUT2D eigenvalue weighted by Gasteiger charge is 2.54. The molecule has 1 aromatic heterocycles. The quantitative estimate of drug-likeness (QED) is 0.795. The van der Waals surface area contributed by atoms with Gasteiger partial charge >= 0.3 is 5.97 Å². The summed E-state index contributed by atoms with van der Waals surface area (Å²) >= 11 is 0. The zero-order chi connectivity index (χ0) is 13.2. The van der Waals surface area contributed by atoms with E-state index in [2.05, 4.69) is 5.10 Å². The average molecular weight is 261 g/mol. The summed E-state index contributed by atoms with van der Waals surface area (Å²) < 4.78 is 0. The summed E-state index contributed by atoms with van der Waals surface area (Å²) in [5.41, 5.74) is 1.07. The first-order valence-corrected chi connectivity index (χ1v) is 7.14. The molecule has 1 heterocycles. The van der Waals surface area contributed by atoms with Gasteiger partial charge in [-0.15, -0.1) is 0 Å². The maximum atomic E-state index is 11.4. The molecule has 5 rings (SSSR count). The summed E-state index contributed by atoms with van der Waals surface area (Å²) in [7, 11) is 0. The second kappa shape index (κ2) is 3.52. The third kappa shape index (κ3) is 1.47. The van der Waals surface area contributed by atoms with Crippen molar-refractivity contribution in [1.29, 1.82) is 0 Å². The van der Waals surface area contributed by atoms with Crippen molar-refractivity contribution in [2.24, 2.45) is 17.8 Å². The molecular weight excluding hydrogens is 242 g/mol. The highest BCUT2D eigenvalue weighted by molar-refractivity contribution is 5.89. The van der Waals surface area contributed by atoms with Gasteiger partial charge in [-0.2, -0.15) is 9.89 Å². The molecule has 5 nitrogen and oxygen atoms in total. The van der Waals surface area contributed by atoms with Crippen molar-refractivity contribution >= 4 is 5.97 Å². The first-order chi connectivity index (χ1) is 9.07. The molecule has 102 valence electrons. The van der Waals surface area contributed by atoms with Crippen molar-refractivity contribution in [2.75, 3.05) is 5.84 Å². The fourth-order valence-corrected chi connectivity index (χ4v) is 5.45. The number of carboxylic acid groups (broad SMARTS) is 1. The minimum atomic E-state index is -0.901. The largest absolute Gasteiger partial charge is 0.478 e. The van der Waals surface area contributed by atoms with Gasteiger partial charge in [0.15, 0.2) is 0 Å². The molecule has 4 aliphatic carbocycles. The molecule has 1 aromatic rings. The third-order valence-electron chi connectivity index (χ3n) is 5.57. The van der Waals surface area contributed by atoms with Gasteiger partial charge in [-0.1, -0.05) is 0 Å². The molecule has 0 spiro atoms. The van der Waals surface area contributed by atoms with Crippen molar-refractivity contribution in [2.45, 2.75) is 43.9 Å². The Labute approximate surface area is 111 Å². The number of carboxylic acids is 1. The van der Waals surface area contributed by atoms with Crippen molar-refractivity contribution in [3.8, 4) is 0 Å². The van der Waals surface area contributed by atoms with Gasteiger partial charge in [-0.05, 0) is 56.3 Å². The molecule has 19 heavy (non-hydrogen) atoms. The van der Waals surface area contributed by atoms with Crippen LogP contribution in [0.1, 0.15) is 54.6 Å². The molecular formula is C14H19N3O2. The smallest absolute Gasteiger partial charge is 0.339 e. The van der Waals surface area contributed by atoms with Crippen LogP contribution in [0.5, 0.6) is 0 Å². The minimum absolute atomic E-state index is 0.0201. The normalized spacial score (nSPS) is 39.7. The Morgan fingerprint density at radius 1 is 1.26 bits per heavy atom. The lowest BCUT2D eigenvalue weighted by molar-refractivity contribution is -0.00920. The van der Waals surface area contributed by atoms with Crippen molar-refractivity contribution in [1.82, 2.24) is 9.89 Å². The minimum Gasteiger partial charge on any atom is -0.478 e. The van der Waals surface area contributed by atoms with Crippen molar-refractivity contribution in [3.63, 3.8) is 0 Å². The number of rotatable bonds is 2. The Morgan fingerprint density at radius 3 is 2.26 bits per heavy atom. The Hall–Kier alpha value is -1.52. The highest BCUT2D eigenvalue weighted by atomic mass is 16.4. The summed E-state index contributed by atoms with van der Waals surface area (Å²) in [5, 5.41) is 13.4. The van der Waals surface area contributed by atoms with Gasteiger partial charge in [-0.25, -0.2) is 4.79 Å². The average Bonchev–Trinajstić information content (AvgIpc) is 2.70. The fourth-order valence-electron chi connectivity index (χ4n) is 5.45. The van der Waals surface area contributed by atoms with E-state index in [4.69, 9.17) is 5.84 Å². The second-order valence-corrected chi connectivity index (χ2v) is 6.85. The molecule has 0 unspecified atom stereocenters. The predicted octanol–water partition coefficient (Wildman–Crippen LogP) is 1.76.